The van der Waals surface area contributed by atoms with Crippen LogP contribution in [0.1, 0.15) is 48.5 Å². The monoisotopic (exact) mass is 518 g/mol. The largest absolute Gasteiger partial charge is 0.494 e. The quantitative estimate of drug-likeness (QED) is 0.0921. The Morgan fingerprint density at radius 1 is 0.737 bits per heavy atom. The van der Waals surface area contributed by atoms with Crippen molar-refractivity contribution >= 4 is 29.4 Å². The number of anilines is 2. The lowest BCUT2D eigenvalue weighted by atomic mass is 10.2. The van der Waals surface area contributed by atoms with Gasteiger partial charge < -0.3 is 30.4 Å². The average Bonchev–Trinajstić information content (AvgIpc) is 2.90. The van der Waals surface area contributed by atoms with E-state index in [0.29, 0.717) is 48.1 Å². The van der Waals surface area contributed by atoms with E-state index in [1.165, 1.54) is 18.2 Å². The molecule has 0 aliphatic heterocycles. The van der Waals surface area contributed by atoms with Crippen LogP contribution in [0.2, 0.25) is 0 Å². The molecule has 0 fully saturated rings. The number of hydrogen-bond acceptors (Lipinski definition) is 8. The lowest BCUT2D eigenvalue weighted by molar-refractivity contribution is -0.128. The van der Waals surface area contributed by atoms with Gasteiger partial charge in [0.15, 0.2) is 0 Å². The minimum Gasteiger partial charge on any atom is -0.494 e. The summed E-state index contributed by atoms with van der Waals surface area (Å²) in [5.41, 5.74) is 13.3. The van der Waals surface area contributed by atoms with Crippen LogP contribution in [0.4, 0.5) is 11.4 Å². The van der Waals surface area contributed by atoms with Crippen molar-refractivity contribution in [2.24, 2.45) is 0 Å². The minimum absolute atomic E-state index is 0.200. The summed E-state index contributed by atoms with van der Waals surface area (Å²) in [6.45, 7) is 3.40. The van der Waals surface area contributed by atoms with Crippen molar-refractivity contribution in [1.29, 1.82) is 0 Å². The standard InChI is InChI=1S/C30H34N2O6/c1-2-3-4-16-35-27-11-13-28(14-12-27)38-29(33)15-8-22-6-9-26(10-7-22)36-17-5-18-37-30(34)23-19-24(31)21-25(32)20-23/h6-15,19-21H,2-5,16-18,31-32H2,1H3/b15-8+. The van der Waals surface area contributed by atoms with Crippen molar-refractivity contribution in [2.45, 2.75) is 32.6 Å². The van der Waals surface area contributed by atoms with Gasteiger partial charge in [0.1, 0.15) is 17.2 Å². The molecule has 0 radical (unpaired) electrons. The maximum atomic E-state index is 12.1. The van der Waals surface area contributed by atoms with Crippen LogP contribution in [0.5, 0.6) is 17.2 Å². The zero-order chi connectivity index (χ0) is 27.2. The molecule has 0 amide bonds. The number of hydrogen-bond donors (Lipinski definition) is 2. The predicted octanol–water partition coefficient (Wildman–Crippen LogP) is 5.66. The smallest absolute Gasteiger partial charge is 0.338 e. The third-order valence-corrected chi connectivity index (χ3v) is 5.35. The molecular weight excluding hydrogens is 484 g/mol. The van der Waals surface area contributed by atoms with Gasteiger partial charge >= 0.3 is 11.9 Å². The van der Waals surface area contributed by atoms with Crippen LogP contribution in [0.15, 0.2) is 72.8 Å². The number of unbranched alkanes of at least 4 members (excludes halogenated alkanes) is 2. The molecule has 38 heavy (non-hydrogen) atoms. The fourth-order valence-electron chi connectivity index (χ4n) is 3.43. The number of carbonyl (C=O) groups excluding carboxylic acids is 2. The van der Waals surface area contributed by atoms with E-state index < -0.39 is 11.9 Å². The molecule has 4 N–H and O–H groups in total. The summed E-state index contributed by atoms with van der Waals surface area (Å²) in [7, 11) is 0. The summed E-state index contributed by atoms with van der Waals surface area (Å²) in [4.78, 5) is 24.2. The Bertz CT molecular complexity index is 1190. The molecule has 3 aromatic rings. The number of nitrogen functional groups attached to an aromatic ring is 2. The average molecular weight is 519 g/mol. The van der Waals surface area contributed by atoms with Crippen LogP contribution >= 0.6 is 0 Å². The molecule has 3 rings (SSSR count). The van der Waals surface area contributed by atoms with Gasteiger partial charge in [0.05, 0.1) is 25.4 Å². The molecule has 8 nitrogen and oxygen atoms in total. The molecule has 0 saturated heterocycles. The number of ether oxygens (including phenoxy) is 4. The first-order valence-electron chi connectivity index (χ1n) is 12.6. The molecule has 0 bridgehead atoms. The molecule has 200 valence electrons. The fourth-order valence-corrected chi connectivity index (χ4v) is 3.43. The van der Waals surface area contributed by atoms with Gasteiger partial charge in [-0.3, -0.25) is 0 Å². The number of rotatable bonds is 14. The van der Waals surface area contributed by atoms with Crippen molar-refractivity contribution in [3.05, 3.63) is 83.9 Å². The molecule has 3 aromatic carbocycles. The van der Waals surface area contributed by atoms with Gasteiger partial charge in [-0.2, -0.15) is 0 Å². The topological polar surface area (TPSA) is 123 Å². The van der Waals surface area contributed by atoms with Crippen molar-refractivity contribution in [1.82, 2.24) is 0 Å². The number of nitrogens with two attached hydrogens (primary N) is 2. The highest BCUT2D eigenvalue weighted by Gasteiger charge is 2.09. The second-order valence-electron chi connectivity index (χ2n) is 8.58. The van der Waals surface area contributed by atoms with Crippen LogP contribution < -0.4 is 25.7 Å². The highest BCUT2D eigenvalue weighted by Crippen LogP contribution is 2.19. The lowest BCUT2D eigenvalue weighted by Crippen LogP contribution is -2.10. The van der Waals surface area contributed by atoms with E-state index in [0.717, 1.165) is 30.6 Å². The zero-order valence-corrected chi connectivity index (χ0v) is 21.6. The normalized spacial score (nSPS) is 10.8. The second kappa shape index (κ2) is 14.9. The Morgan fingerprint density at radius 3 is 1.95 bits per heavy atom. The van der Waals surface area contributed by atoms with Crippen LogP contribution in [0, 0.1) is 0 Å². The summed E-state index contributed by atoms with van der Waals surface area (Å²) in [5.74, 6) is 0.909. The Kier molecular flexibility index (Phi) is 11.1. The van der Waals surface area contributed by atoms with E-state index in [9.17, 15) is 9.59 Å². The van der Waals surface area contributed by atoms with E-state index in [1.54, 1.807) is 48.5 Å². The molecule has 0 aromatic heterocycles. The van der Waals surface area contributed by atoms with Crippen LogP contribution in [-0.4, -0.2) is 31.8 Å². The maximum absolute atomic E-state index is 12.1. The van der Waals surface area contributed by atoms with E-state index in [-0.39, 0.29) is 6.61 Å². The first kappa shape index (κ1) is 28.1. The maximum Gasteiger partial charge on any atom is 0.338 e. The van der Waals surface area contributed by atoms with Crippen molar-refractivity contribution in [2.75, 3.05) is 31.3 Å². The molecule has 0 saturated carbocycles. The summed E-state index contributed by atoms with van der Waals surface area (Å²) in [5, 5.41) is 0. The predicted molar refractivity (Wildman–Crippen MR) is 148 cm³/mol. The van der Waals surface area contributed by atoms with Crippen LogP contribution in [0.3, 0.4) is 0 Å². The van der Waals surface area contributed by atoms with Crippen LogP contribution in [-0.2, 0) is 9.53 Å². The van der Waals surface area contributed by atoms with E-state index in [4.69, 9.17) is 30.4 Å². The van der Waals surface area contributed by atoms with Gasteiger partial charge in [-0.25, -0.2) is 9.59 Å². The SMILES string of the molecule is CCCCCOc1ccc(OC(=O)/C=C/c2ccc(OCCCOC(=O)c3cc(N)cc(N)c3)cc2)cc1. The fraction of sp³-hybridized carbons (Fsp3) is 0.267. The Labute approximate surface area is 223 Å². The van der Waals surface area contributed by atoms with Gasteiger partial charge in [0.25, 0.3) is 0 Å². The molecular formula is C30H34N2O6. The van der Waals surface area contributed by atoms with Gasteiger partial charge in [-0.15, -0.1) is 0 Å². The first-order valence-corrected chi connectivity index (χ1v) is 12.6. The zero-order valence-electron chi connectivity index (χ0n) is 21.6. The molecule has 0 aliphatic rings. The molecule has 8 heteroatoms. The number of carbonyl (C=O) groups is 2. The highest BCUT2D eigenvalue weighted by molar-refractivity contribution is 5.91. The van der Waals surface area contributed by atoms with Gasteiger partial charge in [0.2, 0.25) is 0 Å². The van der Waals surface area contributed by atoms with Crippen molar-refractivity contribution in [3.63, 3.8) is 0 Å². The molecule has 0 atom stereocenters. The Hall–Kier alpha value is -4.46. The van der Waals surface area contributed by atoms with E-state index in [1.807, 2.05) is 12.1 Å². The number of esters is 2. The van der Waals surface area contributed by atoms with Crippen molar-refractivity contribution < 1.29 is 28.5 Å². The van der Waals surface area contributed by atoms with Gasteiger partial charge in [-0.1, -0.05) is 31.9 Å². The molecule has 0 heterocycles. The van der Waals surface area contributed by atoms with Gasteiger partial charge in [0, 0.05) is 23.9 Å². The second-order valence-corrected chi connectivity index (χ2v) is 8.58. The summed E-state index contributed by atoms with van der Waals surface area (Å²) >= 11 is 0. The summed E-state index contributed by atoms with van der Waals surface area (Å²) < 4.78 is 21.9. The summed E-state index contributed by atoms with van der Waals surface area (Å²) in [6.07, 6.45) is 6.86. The van der Waals surface area contributed by atoms with Crippen molar-refractivity contribution in [3.8, 4) is 17.2 Å². The lowest BCUT2D eigenvalue weighted by Gasteiger charge is -2.08. The highest BCUT2D eigenvalue weighted by atomic mass is 16.5. The first-order chi connectivity index (χ1) is 18.4. The van der Waals surface area contributed by atoms with E-state index in [2.05, 4.69) is 6.92 Å². The third kappa shape index (κ3) is 9.89. The van der Waals surface area contributed by atoms with E-state index >= 15 is 0 Å². The Balaban J connectivity index is 1.35. The van der Waals surface area contributed by atoms with Crippen LogP contribution in [0.25, 0.3) is 6.08 Å². The molecule has 0 unspecified atom stereocenters. The summed E-state index contributed by atoms with van der Waals surface area (Å²) in [6, 6.07) is 18.9. The van der Waals surface area contributed by atoms with Gasteiger partial charge in [-0.05, 0) is 72.7 Å². The Morgan fingerprint density at radius 2 is 1.32 bits per heavy atom. The molecule has 0 spiro atoms. The third-order valence-electron chi connectivity index (χ3n) is 5.35. The molecule has 0 aliphatic carbocycles. The number of benzene rings is 3. The minimum atomic E-state index is -0.484.